The molecule has 0 saturated heterocycles. The van der Waals surface area contributed by atoms with E-state index in [0.29, 0.717) is 25.6 Å². The SMILES string of the molecule is C/C=C/COc1cc(C)c(OCCCCCOc2ccc(/C(=N/OC)C(F)(F)F)cc2Cl)c(C)c1. The normalized spacial score (nSPS) is 12.2. The second-order valence-corrected chi connectivity index (χ2v) is 8.20. The third-order valence-electron chi connectivity index (χ3n) is 4.96. The van der Waals surface area contributed by atoms with E-state index in [2.05, 4.69) is 9.99 Å². The van der Waals surface area contributed by atoms with E-state index < -0.39 is 11.9 Å². The van der Waals surface area contributed by atoms with Crippen LogP contribution in [0.2, 0.25) is 5.02 Å². The Morgan fingerprint density at radius 2 is 1.63 bits per heavy atom. The van der Waals surface area contributed by atoms with Gasteiger partial charge in [-0.1, -0.05) is 28.9 Å². The van der Waals surface area contributed by atoms with Gasteiger partial charge in [-0.25, -0.2) is 0 Å². The number of allylic oxidation sites excluding steroid dienone is 1. The molecule has 0 heterocycles. The van der Waals surface area contributed by atoms with Crippen LogP contribution in [0.25, 0.3) is 0 Å². The zero-order valence-corrected chi connectivity index (χ0v) is 21.1. The molecule has 192 valence electrons. The second-order valence-electron chi connectivity index (χ2n) is 7.79. The summed E-state index contributed by atoms with van der Waals surface area (Å²) in [5, 5.41) is 3.14. The van der Waals surface area contributed by atoms with Crippen molar-refractivity contribution in [1.82, 2.24) is 0 Å². The highest BCUT2D eigenvalue weighted by molar-refractivity contribution is 6.32. The molecule has 0 aliphatic heterocycles. The van der Waals surface area contributed by atoms with E-state index in [4.69, 9.17) is 25.8 Å². The van der Waals surface area contributed by atoms with Crippen LogP contribution < -0.4 is 14.2 Å². The number of aryl methyl sites for hydroxylation is 2. The fourth-order valence-electron chi connectivity index (χ4n) is 3.32. The van der Waals surface area contributed by atoms with Crippen LogP contribution in [0, 0.1) is 13.8 Å². The summed E-state index contributed by atoms with van der Waals surface area (Å²) in [6.45, 7) is 7.41. The molecule has 2 rings (SSSR count). The van der Waals surface area contributed by atoms with E-state index in [9.17, 15) is 13.2 Å². The van der Waals surface area contributed by atoms with Crippen molar-refractivity contribution in [3.05, 3.63) is 64.2 Å². The maximum absolute atomic E-state index is 13.1. The molecule has 9 heteroatoms. The Morgan fingerprint density at radius 1 is 0.971 bits per heavy atom. The Labute approximate surface area is 209 Å². The Kier molecular flexibility index (Phi) is 11.2. The minimum atomic E-state index is -4.66. The number of hydrogen-bond donors (Lipinski definition) is 0. The molecule has 2 aromatic rings. The summed E-state index contributed by atoms with van der Waals surface area (Å²) >= 11 is 6.11. The number of alkyl halides is 3. The first kappa shape index (κ1) is 28.4. The molecule has 0 N–H and O–H groups in total. The van der Waals surface area contributed by atoms with Crippen LogP contribution in [-0.4, -0.2) is 38.8 Å². The second kappa shape index (κ2) is 13.9. The summed E-state index contributed by atoms with van der Waals surface area (Å²) < 4.78 is 56.6. The summed E-state index contributed by atoms with van der Waals surface area (Å²) in [6.07, 6.45) is 1.66. The van der Waals surface area contributed by atoms with E-state index in [0.717, 1.165) is 55.1 Å². The van der Waals surface area contributed by atoms with E-state index in [1.54, 1.807) is 0 Å². The molecule has 0 aliphatic rings. The number of halogens is 4. The van der Waals surface area contributed by atoms with Crippen molar-refractivity contribution in [2.45, 2.75) is 46.2 Å². The van der Waals surface area contributed by atoms with Crippen molar-refractivity contribution in [2.75, 3.05) is 26.9 Å². The van der Waals surface area contributed by atoms with Crippen molar-refractivity contribution in [1.29, 1.82) is 0 Å². The van der Waals surface area contributed by atoms with Crippen LogP contribution in [0.5, 0.6) is 17.2 Å². The van der Waals surface area contributed by atoms with Gasteiger partial charge in [-0.3, -0.25) is 0 Å². The molecule has 5 nitrogen and oxygen atoms in total. The Hall–Kier alpha value is -2.87. The van der Waals surface area contributed by atoms with E-state index in [1.807, 2.05) is 45.1 Å². The molecule has 0 saturated carbocycles. The number of ether oxygens (including phenoxy) is 3. The minimum Gasteiger partial charge on any atom is -0.493 e. The van der Waals surface area contributed by atoms with E-state index in [-0.39, 0.29) is 10.6 Å². The first-order valence-corrected chi connectivity index (χ1v) is 11.6. The Bertz CT molecular complexity index is 999. The molecule has 0 amide bonds. The Balaban J connectivity index is 1.77. The monoisotopic (exact) mass is 513 g/mol. The van der Waals surface area contributed by atoms with Gasteiger partial charge in [-0.05, 0) is 81.5 Å². The van der Waals surface area contributed by atoms with Gasteiger partial charge in [0.05, 0.1) is 18.2 Å². The zero-order valence-electron chi connectivity index (χ0n) is 20.4. The third-order valence-corrected chi connectivity index (χ3v) is 5.26. The number of oxime groups is 1. The lowest BCUT2D eigenvalue weighted by molar-refractivity contribution is -0.0608. The van der Waals surface area contributed by atoms with Gasteiger partial charge in [-0.2, -0.15) is 13.2 Å². The maximum Gasteiger partial charge on any atom is 0.437 e. The summed E-state index contributed by atoms with van der Waals surface area (Å²) in [5.41, 5.74) is 0.684. The topological polar surface area (TPSA) is 49.3 Å². The summed E-state index contributed by atoms with van der Waals surface area (Å²) in [4.78, 5) is 4.31. The fourth-order valence-corrected chi connectivity index (χ4v) is 3.56. The van der Waals surface area contributed by atoms with Crippen molar-refractivity contribution >= 4 is 17.3 Å². The number of benzene rings is 2. The Morgan fingerprint density at radius 3 is 2.20 bits per heavy atom. The van der Waals surface area contributed by atoms with Crippen molar-refractivity contribution in [2.24, 2.45) is 5.16 Å². The van der Waals surface area contributed by atoms with Crippen LogP contribution >= 0.6 is 11.6 Å². The van der Waals surface area contributed by atoms with Gasteiger partial charge in [0.25, 0.3) is 0 Å². The number of nitrogens with zero attached hydrogens (tertiary/aromatic N) is 1. The van der Waals surface area contributed by atoms with Crippen molar-refractivity contribution in [3.63, 3.8) is 0 Å². The molecule has 0 radical (unpaired) electrons. The summed E-state index contributed by atoms with van der Waals surface area (Å²) in [7, 11) is 1.05. The van der Waals surface area contributed by atoms with Gasteiger partial charge in [0.1, 0.15) is 31.0 Å². The van der Waals surface area contributed by atoms with Crippen molar-refractivity contribution < 1.29 is 32.2 Å². The molecule has 0 aromatic heterocycles. The molecule has 0 spiro atoms. The highest BCUT2D eigenvalue weighted by atomic mass is 35.5. The van der Waals surface area contributed by atoms with Gasteiger partial charge >= 0.3 is 6.18 Å². The molecule has 0 fully saturated rings. The average molecular weight is 514 g/mol. The van der Waals surface area contributed by atoms with Crippen LogP contribution in [0.1, 0.15) is 42.9 Å². The van der Waals surface area contributed by atoms with Crippen LogP contribution in [0.15, 0.2) is 47.6 Å². The number of unbranched alkanes of at least 4 members (excludes halogenated alkanes) is 2. The van der Waals surface area contributed by atoms with Gasteiger partial charge < -0.3 is 19.0 Å². The first-order chi connectivity index (χ1) is 16.7. The van der Waals surface area contributed by atoms with Crippen LogP contribution in [-0.2, 0) is 4.84 Å². The predicted octanol–water partition coefficient (Wildman–Crippen LogP) is 7.45. The third kappa shape index (κ3) is 9.02. The highest BCUT2D eigenvalue weighted by Crippen LogP contribution is 2.31. The van der Waals surface area contributed by atoms with Crippen molar-refractivity contribution in [3.8, 4) is 17.2 Å². The van der Waals surface area contributed by atoms with Crippen LogP contribution in [0.3, 0.4) is 0 Å². The summed E-state index contributed by atoms with van der Waals surface area (Å²) in [6, 6.07) is 7.75. The molecular weight excluding hydrogens is 483 g/mol. The van der Waals surface area contributed by atoms with Crippen LogP contribution in [0.4, 0.5) is 13.2 Å². The van der Waals surface area contributed by atoms with Gasteiger partial charge in [-0.15, -0.1) is 0 Å². The van der Waals surface area contributed by atoms with Gasteiger partial charge in [0.15, 0.2) is 5.71 Å². The van der Waals surface area contributed by atoms with Gasteiger partial charge in [0, 0.05) is 5.56 Å². The van der Waals surface area contributed by atoms with E-state index >= 15 is 0 Å². The molecule has 0 aliphatic carbocycles. The zero-order chi connectivity index (χ0) is 25.8. The lowest BCUT2D eigenvalue weighted by Gasteiger charge is -2.14. The lowest BCUT2D eigenvalue weighted by atomic mass is 10.1. The standard InChI is InChI=1S/C26H31ClF3NO4/c1-5-6-12-33-21-15-18(2)24(19(3)16-21)35-14-9-7-8-13-34-23-11-10-20(17-22(23)27)25(31-32-4)26(28,29)30/h5-6,10-11,15-17H,7-9,12-14H2,1-4H3/b6-5+,31-25-. The maximum atomic E-state index is 13.1. The summed E-state index contributed by atoms with van der Waals surface area (Å²) in [5.74, 6) is 1.99. The molecular formula is C26H31ClF3NO4. The molecule has 2 aromatic carbocycles. The molecule has 0 atom stereocenters. The lowest BCUT2D eigenvalue weighted by Crippen LogP contribution is -2.24. The molecule has 35 heavy (non-hydrogen) atoms. The molecule has 0 unspecified atom stereocenters. The quantitative estimate of drug-likeness (QED) is 0.121. The minimum absolute atomic E-state index is 0.0722. The van der Waals surface area contributed by atoms with E-state index in [1.165, 1.54) is 12.1 Å². The number of hydrogen-bond acceptors (Lipinski definition) is 5. The largest absolute Gasteiger partial charge is 0.493 e. The average Bonchev–Trinajstić information content (AvgIpc) is 2.78. The predicted molar refractivity (Wildman–Crippen MR) is 132 cm³/mol. The smallest absolute Gasteiger partial charge is 0.437 e. The number of rotatable bonds is 13. The van der Waals surface area contributed by atoms with Gasteiger partial charge in [0.2, 0.25) is 0 Å². The highest BCUT2D eigenvalue weighted by Gasteiger charge is 2.38. The first-order valence-electron chi connectivity index (χ1n) is 11.3. The fraction of sp³-hybridized carbons (Fsp3) is 0.423. The molecule has 0 bridgehead atoms.